The summed E-state index contributed by atoms with van der Waals surface area (Å²) in [4.78, 5) is -0.273. The monoisotopic (exact) mass is 446 g/mol. The van der Waals surface area contributed by atoms with Crippen LogP contribution in [0.1, 0.15) is 11.1 Å². The minimum absolute atomic E-state index is 0.136. The van der Waals surface area contributed by atoms with Crippen molar-refractivity contribution < 1.29 is 16.8 Å². The Hall–Kier alpha value is -3.24. The van der Waals surface area contributed by atoms with Gasteiger partial charge in [-0.15, -0.1) is 0 Å². The number of hydrogen-bond donors (Lipinski definition) is 4. The summed E-state index contributed by atoms with van der Waals surface area (Å²) in [5.41, 5.74) is 13.7. The number of nitrogens with one attached hydrogen (secondary N) is 2. The molecule has 0 atom stereocenters. The van der Waals surface area contributed by atoms with Crippen LogP contribution in [0.25, 0.3) is 0 Å². The van der Waals surface area contributed by atoms with Gasteiger partial charge in [-0.25, -0.2) is 16.8 Å². The molecule has 0 aromatic heterocycles. The molecule has 0 bridgehead atoms. The Balaban J connectivity index is 2.00. The Morgan fingerprint density at radius 3 is 1.27 bits per heavy atom. The summed E-state index contributed by atoms with van der Waals surface area (Å²) < 4.78 is 56.6. The fourth-order valence-electron chi connectivity index (χ4n) is 2.92. The summed E-state index contributed by atoms with van der Waals surface area (Å²) in [5.74, 6) is 0. The van der Waals surface area contributed by atoms with E-state index < -0.39 is 20.0 Å². The maximum atomic E-state index is 12.9. The van der Waals surface area contributed by atoms with Crippen LogP contribution in [-0.2, 0) is 20.0 Å². The van der Waals surface area contributed by atoms with Crippen molar-refractivity contribution in [1.82, 2.24) is 0 Å². The second kappa shape index (κ2) is 7.88. The number of hydrogen-bond acceptors (Lipinski definition) is 6. The summed E-state index contributed by atoms with van der Waals surface area (Å²) in [6, 6.07) is 15.0. The van der Waals surface area contributed by atoms with E-state index in [1.165, 1.54) is 30.3 Å². The van der Waals surface area contributed by atoms with Gasteiger partial charge in [0.05, 0.1) is 9.79 Å². The zero-order chi connectivity index (χ0) is 22.1. The van der Waals surface area contributed by atoms with E-state index in [2.05, 4.69) is 9.44 Å². The molecule has 10 heteroatoms. The van der Waals surface area contributed by atoms with Gasteiger partial charge in [0.2, 0.25) is 0 Å². The first-order valence-electron chi connectivity index (χ1n) is 8.86. The number of anilines is 4. The smallest absolute Gasteiger partial charge is 0.262 e. The topological polar surface area (TPSA) is 144 Å². The van der Waals surface area contributed by atoms with Crippen molar-refractivity contribution in [3.05, 3.63) is 71.8 Å². The van der Waals surface area contributed by atoms with Crippen LogP contribution in [0.2, 0.25) is 0 Å². The molecule has 0 aliphatic heterocycles. The number of aryl methyl sites for hydroxylation is 2. The molecule has 0 aliphatic rings. The molecule has 0 radical (unpaired) electrons. The molecule has 0 aliphatic carbocycles. The van der Waals surface area contributed by atoms with Crippen LogP contribution in [0.5, 0.6) is 0 Å². The standard InChI is InChI=1S/C20H22N4O4S2/c1-13-11-14(2)20(30(27,28)24-18-9-5-16(22)6-10-18)12-19(13)29(25,26)23-17-7-3-15(21)4-8-17/h3-12,23-24H,21-22H2,1-2H3. The van der Waals surface area contributed by atoms with Crippen molar-refractivity contribution in [3.63, 3.8) is 0 Å². The fraction of sp³-hybridized carbons (Fsp3) is 0.100. The summed E-state index contributed by atoms with van der Waals surface area (Å²) >= 11 is 0. The van der Waals surface area contributed by atoms with Crippen LogP contribution >= 0.6 is 0 Å². The number of sulfonamides is 2. The largest absolute Gasteiger partial charge is 0.399 e. The van der Waals surface area contributed by atoms with Crippen LogP contribution in [0, 0.1) is 13.8 Å². The lowest BCUT2D eigenvalue weighted by Crippen LogP contribution is -2.18. The minimum Gasteiger partial charge on any atom is -0.399 e. The Morgan fingerprint density at radius 1 is 0.600 bits per heavy atom. The molecule has 30 heavy (non-hydrogen) atoms. The normalized spacial score (nSPS) is 11.8. The van der Waals surface area contributed by atoms with Crippen molar-refractivity contribution in [3.8, 4) is 0 Å². The molecule has 3 aromatic rings. The van der Waals surface area contributed by atoms with Crippen molar-refractivity contribution in [2.24, 2.45) is 0 Å². The quantitative estimate of drug-likeness (QED) is 0.428. The summed E-state index contributed by atoms with van der Waals surface area (Å²) in [6.07, 6.45) is 0. The second-order valence-corrected chi connectivity index (χ2v) is 10.1. The van der Waals surface area contributed by atoms with Gasteiger partial charge in [0, 0.05) is 22.7 Å². The highest BCUT2D eigenvalue weighted by Crippen LogP contribution is 2.27. The van der Waals surface area contributed by atoms with Gasteiger partial charge in [0.15, 0.2) is 0 Å². The lowest BCUT2D eigenvalue weighted by molar-refractivity contribution is 0.598. The summed E-state index contributed by atoms with van der Waals surface area (Å²) in [6.45, 7) is 3.21. The van der Waals surface area contributed by atoms with E-state index in [9.17, 15) is 16.8 Å². The van der Waals surface area contributed by atoms with Crippen LogP contribution < -0.4 is 20.9 Å². The maximum Gasteiger partial charge on any atom is 0.262 e. The predicted octanol–water partition coefficient (Wildman–Crippen LogP) is 3.07. The zero-order valence-electron chi connectivity index (χ0n) is 16.4. The van der Waals surface area contributed by atoms with Gasteiger partial charge in [-0.3, -0.25) is 9.44 Å². The molecule has 3 rings (SSSR count). The summed E-state index contributed by atoms with van der Waals surface area (Å²) in [7, 11) is -8.07. The van der Waals surface area contributed by atoms with Gasteiger partial charge in [0.1, 0.15) is 0 Å². The molecule has 0 saturated heterocycles. The Morgan fingerprint density at radius 2 is 0.933 bits per heavy atom. The molecule has 0 saturated carbocycles. The molecule has 0 heterocycles. The van der Waals surface area contributed by atoms with E-state index in [1.807, 2.05) is 0 Å². The first-order chi connectivity index (χ1) is 14.0. The van der Waals surface area contributed by atoms with E-state index >= 15 is 0 Å². The Labute approximate surface area is 176 Å². The van der Waals surface area contributed by atoms with Gasteiger partial charge < -0.3 is 11.5 Å². The van der Waals surface area contributed by atoms with Crippen LogP contribution in [0.4, 0.5) is 22.7 Å². The number of rotatable bonds is 6. The third kappa shape index (κ3) is 4.66. The van der Waals surface area contributed by atoms with Gasteiger partial charge in [-0.05, 0) is 79.6 Å². The highest BCUT2D eigenvalue weighted by Gasteiger charge is 2.24. The number of benzene rings is 3. The average molecular weight is 447 g/mol. The zero-order valence-corrected chi connectivity index (χ0v) is 18.0. The van der Waals surface area contributed by atoms with Crippen molar-refractivity contribution >= 4 is 42.8 Å². The first-order valence-corrected chi connectivity index (χ1v) is 11.8. The average Bonchev–Trinajstić information content (AvgIpc) is 2.64. The van der Waals surface area contributed by atoms with Crippen molar-refractivity contribution in [1.29, 1.82) is 0 Å². The summed E-state index contributed by atoms with van der Waals surface area (Å²) in [5, 5.41) is 0. The molecule has 158 valence electrons. The molecule has 6 N–H and O–H groups in total. The first kappa shape index (κ1) is 21.5. The molecule has 0 unspecified atom stereocenters. The van der Waals surface area contributed by atoms with E-state index in [0.29, 0.717) is 33.9 Å². The van der Waals surface area contributed by atoms with Crippen molar-refractivity contribution in [2.45, 2.75) is 23.6 Å². The lowest BCUT2D eigenvalue weighted by atomic mass is 10.2. The molecule has 0 fully saturated rings. The highest BCUT2D eigenvalue weighted by molar-refractivity contribution is 7.93. The van der Waals surface area contributed by atoms with Gasteiger partial charge >= 0.3 is 0 Å². The SMILES string of the molecule is Cc1cc(C)c(S(=O)(=O)Nc2ccc(N)cc2)cc1S(=O)(=O)Nc1ccc(N)cc1. The van der Waals surface area contributed by atoms with Crippen LogP contribution in [0.15, 0.2) is 70.5 Å². The van der Waals surface area contributed by atoms with Gasteiger partial charge in [-0.2, -0.15) is 0 Å². The Kier molecular flexibility index (Phi) is 5.64. The van der Waals surface area contributed by atoms with Crippen molar-refractivity contribution in [2.75, 3.05) is 20.9 Å². The highest BCUT2D eigenvalue weighted by atomic mass is 32.2. The van der Waals surface area contributed by atoms with Gasteiger partial charge in [-0.1, -0.05) is 6.07 Å². The molecule has 8 nitrogen and oxygen atoms in total. The van der Waals surface area contributed by atoms with Gasteiger partial charge in [0.25, 0.3) is 20.0 Å². The number of nitrogens with two attached hydrogens (primary N) is 2. The number of nitrogen functional groups attached to an aromatic ring is 2. The molecule has 0 spiro atoms. The van der Waals surface area contributed by atoms with E-state index in [4.69, 9.17) is 11.5 Å². The predicted molar refractivity (Wildman–Crippen MR) is 119 cm³/mol. The maximum absolute atomic E-state index is 12.9. The van der Waals surface area contributed by atoms with E-state index in [-0.39, 0.29) is 9.79 Å². The minimum atomic E-state index is -4.03. The van der Waals surface area contributed by atoms with Crippen LogP contribution in [-0.4, -0.2) is 16.8 Å². The Bertz CT molecular complexity index is 1190. The second-order valence-electron chi connectivity index (χ2n) is 6.84. The third-order valence-electron chi connectivity index (χ3n) is 4.38. The van der Waals surface area contributed by atoms with Crippen LogP contribution in [0.3, 0.4) is 0 Å². The third-order valence-corrected chi connectivity index (χ3v) is 7.42. The fourth-order valence-corrected chi connectivity index (χ4v) is 5.61. The molecular weight excluding hydrogens is 424 g/mol. The van der Waals surface area contributed by atoms with E-state index in [1.54, 1.807) is 38.1 Å². The van der Waals surface area contributed by atoms with E-state index in [0.717, 1.165) is 6.07 Å². The molecule has 3 aromatic carbocycles. The molecule has 0 amide bonds. The lowest BCUT2D eigenvalue weighted by Gasteiger charge is -2.15. The molecular formula is C20H22N4O4S2.